The predicted octanol–water partition coefficient (Wildman–Crippen LogP) is 5.63. The van der Waals surface area contributed by atoms with Crippen molar-refractivity contribution >= 4 is 48.1 Å². The van der Waals surface area contributed by atoms with Gasteiger partial charge in [0.15, 0.2) is 12.0 Å². The molecule has 1 aliphatic rings. The molecule has 222 valence electrons. The summed E-state index contributed by atoms with van der Waals surface area (Å²) in [6.45, 7) is 13.5. The van der Waals surface area contributed by atoms with Crippen LogP contribution >= 0.6 is 23.2 Å². The number of aliphatic hydroxyl groups is 3. The van der Waals surface area contributed by atoms with E-state index in [0.717, 1.165) is 0 Å². The number of fused-ring (bicyclic) bond motifs is 1. The molecule has 4 rings (SSSR count). The number of anilines is 1. The van der Waals surface area contributed by atoms with Gasteiger partial charge in [-0.1, -0.05) is 76.7 Å². The van der Waals surface area contributed by atoms with Gasteiger partial charge in [0.25, 0.3) is 0 Å². The van der Waals surface area contributed by atoms with Crippen LogP contribution in [0.4, 0.5) is 5.82 Å². The Morgan fingerprint density at radius 1 is 1.02 bits per heavy atom. The summed E-state index contributed by atoms with van der Waals surface area (Å²) in [6.07, 6.45) is -3.17. The second kappa shape index (κ2) is 12.6. The van der Waals surface area contributed by atoms with E-state index in [1.165, 1.54) is 19.5 Å². The summed E-state index contributed by atoms with van der Waals surface area (Å²) in [7, 11) is -0.603. The summed E-state index contributed by atoms with van der Waals surface area (Å²) in [5, 5.41) is 34.3. The molecular weight excluding hydrogens is 583 g/mol. The second-order valence-electron chi connectivity index (χ2n) is 11.4. The molecule has 0 aliphatic carbocycles. The molecule has 1 saturated heterocycles. The molecule has 3 heterocycles. The number of aliphatic hydroxyl groups excluding tert-OH is 3. The second-order valence-corrected chi connectivity index (χ2v) is 17.8. The fraction of sp³-hybridized carbons (Fsp3) is 0.517. The van der Waals surface area contributed by atoms with Crippen LogP contribution in [-0.2, 0) is 9.57 Å². The lowest BCUT2D eigenvalue weighted by Gasteiger charge is -2.38. The number of aromatic nitrogens is 3. The number of rotatable bonds is 8. The van der Waals surface area contributed by atoms with Crippen molar-refractivity contribution in [2.24, 2.45) is 0 Å². The van der Waals surface area contributed by atoms with Crippen molar-refractivity contribution in [3.63, 3.8) is 0 Å². The van der Waals surface area contributed by atoms with Crippen LogP contribution < -0.4 is 5.48 Å². The summed E-state index contributed by atoms with van der Waals surface area (Å²) < 4.78 is 7.75. The van der Waals surface area contributed by atoms with Gasteiger partial charge in [-0.2, -0.15) is 0 Å². The van der Waals surface area contributed by atoms with Crippen LogP contribution in [0.15, 0.2) is 30.7 Å². The Morgan fingerprint density at radius 3 is 2.27 bits per heavy atom. The van der Waals surface area contributed by atoms with Gasteiger partial charge < -0.3 is 24.6 Å². The largest absolute Gasteiger partial charge is 0.387 e. The molecule has 0 radical (unpaired) electrons. The standard InChI is InChI=1S/C29H38Cl2N4O5Si/c1-15(2)41(16(3)4,17(5)6)11-10-19-13-35(28-22(19)27(34-39-7)32-14-33-28)29-25(38)24(37)26(40-29)23(36)18-8-9-20(30)21(31)12-18/h8-9,12-17,23-26,29,36-38H,1-7H3,(H,32,33,34)/t23?,24-,25+,26+,29+/m0/s1. The Bertz CT molecular complexity index is 1430. The number of halogens is 2. The average Bonchev–Trinajstić information content (AvgIpc) is 3.42. The molecule has 0 amide bonds. The highest BCUT2D eigenvalue weighted by Crippen LogP contribution is 2.42. The monoisotopic (exact) mass is 620 g/mol. The fourth-order valence-corrected chi connectivity index (χ4v) is 11.7. The molecule has 1 unspecified atom stereocenters. The van der Waals surface area contributed by atoms with E-state index >= 15 is 0 Å². The number of nitrogens with one attached hydrogen (secondary N) is 1. The summed E-state index contributed by atoms with van der Waals surface area (Å²) >= 11 is 12.2. The minimum absolute atomic E-state index is 0.256. The van der Waals surface area contributed by atoms with Crippen molar-refractivity contribution in [2.45, 2.75) is 88.8 Å². The van der Waals surface area contributed by atoms with Gasteiger partial charge in [-0.15, -0.1) is 5.54 Å². The van der Waals surface area contributed by atoms with Crippen LogP contribution in [-0.4, -0.2) is 63.4 Å². The third kappa shape index (κ3) is 5.75. The first kappa shape index (κ1) is 31.7. The normalized spacial score (nSPS) is 22.0. The molecule has 0 bridgehead atoms. The van der Waals surface area contributed by atoms with Crippen LogP contribution in [0.5, 0.6) is 0 Å². The molecule has 1 aromatic carbocycles. The molecule has 2 aromatic heterocycles. The molecule has 0 saturated carbocycles. The molecule has 3 aromatic rings. The molecule has 4 N–H and O–H groups in total. The average molecular weight is 622 g/mol. The first-order valence-corrected chi connectivity index (χ1v) is 16.7. The lowest BCUT2D eigenvalue weighted by Crippen LogP contribution is -2.43. The Balaban J connectivity index is 1.82. The lowest BCUT2D eigenvalue weighted by molar-refractivity contribution is -0.0848. The van der Waals surface area contributed by atoms with E-state index in [1.807, 2.05) is 0 Å². The van der Waals surface area contributed by atoms with Crippen LogP contribution in [0, 0.1) is 11.5 Å². The molecule has 12 heteroatoms. The highest BCUT2D eigenvalue weighted by molar-refractivity contribution is 6.90. The SMILES string of the molecule is CONc1ncnc2c1c(C#C[Si](C(C)C)(C(C)C)C(C)C)cn2[C@@H]1O[C@H](C(O)c2ccc(Cl)c(Cl)c2)[C@@H](O)[C@H]1O. The number of hydrogen-bond donors (Lipinski definition) is 4. The minimum Gasteiger partial charge on any atom is -0.387 e. The van der Waals surface area contributed by atoms with E-state index in [0.29, 0.717) is 49.6 Å². The topological polar surface area (TPSA) is 122 Å². The molecule has 41 heavy (non-hydrogen) atoms. The number of nitrogens with zero attached hydrogens (tertiary/aromatic N) is 3. The summed E-state index contributed by atoms with van der Waals surface area (Å²) in [4.78, 5) is 14.0. The van der Waals surface area contributed by atoms with Crippen molar-refractivity contribution in [3.8, 4) is 11.5 Å². The molecule has 1 fully saturated rings. The highest BCUT2D eigenvalue weighted by atomic mass is 35.5. The van der Waals surface area contributed by atoms with Crippen molar-refractivity contribution in [1.29, 1.82) is 0 Å². The molecule has 1 aliphatic heterocycles. The third-order valence-corrected chi connectivity index (χ3v) is 15.3. The molecular formula is C29H38Cl2N4O5Si. The zero-order valence-corrected chi connectivity index (χ0v) is 26.8. The third-order valence-electron chi connectivity index (χ3n) is 8.23. The van der Waals surface area contributed by atoms with Gasteiger partial charge in [-0.3, -0.25) is 4.84 Å². The van der Waals surface area contributed by atoms with E-state index in [2.05, 4.69) is 68.5 Å². The van der Waals surface area contributed by atoms with Crippen LogP contribution in [0.3, 0.4) is 0 Å². The van der Waals surface area contributed by atoms with Crippen LogP contribution in [0.1, 0.15) is 65.0 Å². The zero-order chi connectivity index (χ0) is 30.2. The Kier molecular flexibility index (Phi) is 9.73. The Labute approximate surface area is 251 Å². The van der Waals surface area contributed by atoms with Gasteiger partial charge in [-0.25, -0.2) is 15.4 Å². The first-order chi connectivity index (χ1) is 19.3. The summed E-state index contributed by atoms with van der Waals surface area (Å²) in [5.41, 5.74) is 9.26. The van der Waals surface area contributed by atoms with Crippen LogP contribution in [0.25, 0.3) is 11.0 Å². The van der Waals surface area contributed by atoms with Gasteiger partial charge in [0.05, 0.1) is 28.1 Å². The first-order valence-electron chi connectivity index (χ1n) is 13.7. The number of benzene rings is 1. The van der Waals surface area contributed by atoms with E-state index in [1.54, 1.807) is 22.9 Å². The van der Waals surface area contributed by atoms with Crippen molar-refractivity contribution in [1.82, 2.24) is 14.5 Å². The van der Waals surface area contributed by atoms with Gasteiger partial charge in [0.1, 0.15) is 44.5 Å². The van der Waals surface area contributed by atoms with E-state index in [9.17, 15) is 15.3 Å². The van der Waals surface area contributed by atoms with Crippen LogP contribution in [0.2, 0.25) is 26.7 Å². The quantitative estimate of drug-likeness (QED) is 0.145. The maximum atomic E-state index is 11.1. The molecule has 0 spiro atoms. The van der Waals surface area contributed by atoms with E-state index in [-0.39, 0.29) is 5.02 Å². The maximum Gasteiger partial charge on any atom is 0.164 e. The Hall–Kier alpha value is -2.20. The smallest absolute Gasteiger partial charge is 0.164 e. The van der Waals surface area contributed by atoms with Gasteiger partial charge in [0, 0.05) is 6.20 Å². The fourth-order valence-electron chi connectivity index (χ4n) is 6.22. The van der Waals surface area contributed by atoms with E-state index in [4.69, 9.17) is 32.8 Å². The summed E-state index contributed by atoms with van der Waals surface area (Å²) in [5.74, 6) is 3.86. The van der Waals surface area contributed by atoms with Gasteiger partial charge in [0.2, 0.25) is 0 Å². The van der Waals surface area contributed by atoms with Gasteiger partial charge in [-0.05, 0) is 34.3 Å². The van der Waals surface area contributed by atoms with Crippen molar-refractivity contribution in [3.05, 3.63) is 51.9 Å². The number of ether oxygens (including phenoxy) is 1. The lowest BCUT2D eigenvalue weighted by atomic mass is 9.99. The maximum absolute atomic E-state index is 11.1. The minimum atomic E-state index is -2.09. The highest BCUT2D eigenvalue weighted by Gasteiger charge is 2.48. The number of hydrogen-bond acceptors (Lipinski definition) is 8. The van der Waals surface area contributed by atoms with Crippen molar-refractivity contribution < 1.29 is 24.9 Å². The zero-order valence-electron chi connectivity index (χ0n) is 24.3. The molecule has 5 atom stereocenters. The summed E-state index contributed by atoms with van der Waals surface area (Å²) in [6, 6.07) is 4.66. The van der Waals surface area contributed by atoms with E-state index < -0.39 is 38.7 Å². The van der Waals surface area contributed by atoms with Gasteiger partial charge >= 0.3 is 0 Å². The molecule has 9 nitrogen and oxygen atoms in total. The van der Waals surface area contributed by atoms with Crippen molar-refractivity contribution in [2.75, 3.05) is 12.6 Å². The predicted molar refractivity (Wildman–Crippen MR) is 163 cm³/mol. The Morgan fingerprint density at radius 2 is 1.68 bits per heavy atom.